The molecule has 3 unspecified atom stereocenters. The predicted molar refractivity (Wildman–Crippen MR) is 139 cm³/mol. The number of aliphatic hydroxyl groups excluding tert-OH is 1. The third-order valence-electron chi connectivity index (χ3n) is 5.42. The molecule has 2 amide bonds. The molecule has 35 heavy (non-hydrogen) atoms. The lowest BCUT2D eigenvalue weighted by Gasteiger charge is -2.26. The molecular formula is C26H40N2O6S. The summed E-state index contributed by atoms with van der Waals surface area (Å²) in [6, 6.07) is 6.55. The van der Waals surface area contributed by atoms with Gasteiger partial charge >= 0.3 is 0 Å². The first-order chi connectivity index (χ1) is 16.6. The van der Waals surface area contributed by atoms with Crippen molar-refractivity contribution in [3.8, 4) is 5.75 Å². The van der Waals surface area contributed by atoms with Crippen molar-refractivity contribution in [1.29, 1.82) is 0 Å². The van der Waals surface area contributed by atoms with E-state index in [0.717, 1.165) is 18.4 Å². The van der Waals surface area contributed by atoms with Crippen molar-refractivity contribution in [2.24, 2.45) is 5.92 Å². The van der Waals surface area contributed by atoms with Gasteiger partial charge in [-0.15, -0.1) is 6.58 Å². The van der Waals surface area contributed by atoms with Crippen LogP contribution >= 0.6 is 0 Å². The quantitative estimate of drug-likeness (QED) is 0.207. The second kappa shape index (κ2) is 16.1. The number of ether oxygens (including phenoxy) is 1. The highest BCUT2D eigenvalue weighted by Gasteiger charge is 2.26. The van der Waals surface area contributed by atoms with Crippen molar-refractivity contribution in [3.05, 3.63) is 55.1 Å². The molecule has 8 nitrogen and oxygen atoms in total. The molecule has 0 aromatic heterocycles. The summed E-state index contributed by atoms with van der Waals surface area (Å²) in [7, 11) is -3.42. The van der Waals surface area contributed by atoms with E-state index in [2.05, 4.69) is 23.8 Å². The molecule has 0 saturated carbocycles. The Kier molecular flexibility index (Phi) is 14.0. The van der Waals surface area contributed by atoms with Gasteiger partial charge in [-0.05, 0) is 37.0 Å². The van der Waals surface area contributed by atoms with Crippen LogP contribution in [0.15, 0.2) is 49.6 Å². The Labute approximate surface area is 209 Å². The van der Waals surface area contributed by atoms with Crippen LogP contribution in [0.5, 0.6) is 5.75 Å². The lowest BCUT2D eigenvalue weighted by Crippen LogP contribution is -2.46. The number of sulfone groups is 1. The number of aliphatic hydroxyl groups is 1. The van der Waals surface area contributed by atoms with Gasteiger partial charge in [-0.3, -0.25) is 9.59 Å². The minimum absolute atomic E-state index is 0.143. The van der Waals surface area contributed by atoms with Crippen LogP contribution in [0.2, 0.25) is 0 Å². The topological polar surface area (TPSA) is 122 Å². The molecule has 0 fully saturated rings. The van der Waals surface area contributed by atoms with Crippen LogP contribution in [0, 0.1) is 5.92 Å². The van der Waals surface area contributed by atoms with Crippen LogP contribution < -0.4 is 15.4 Å². The molecule has 1 aromatic carbocycles. The molecule has 0 aliphatic rings. The number of carbonyl (C=O) groups is 2. The summed E-state index contributed by atoms with van der Waals surface area (Å²) in [5.41, 5.74) is 0.815. The first kappa shape index (κ1) is 30.4. The Balaban J connectivity index is 2.93. The third-order valence-corrected chi connectivity index (χ3v) is 6.99. The number of hydrogen-bond acceptors (Lipinski definition) is 6. The van der Waals surface area contributed by atoms with Crippen molar-refractivity contribution in [2.75, 3.05) is 24.7 Å². The maximum Gasteiger partial charge on any atom is 0.222 e. The fourth-order valence-electron chi connectivity index (χ4n) is 3.44. The van der Waals surface area contributed by atoms with Crippen molar-refractivity contribution in [2.45, 2.75) is 58.1 Å². The van der Waals surface area contributed by atoms with Gasteiger partial charge in [-0.2, -0.15) is 0 Å². The third kappa shape index (κ3) is 12.6. The minimum atomic E-state index is -3.42. The summed E-state index contributed by atoms with van der Waals surface area (Å²) >= 11 is 0. The van der Waals surface area contributed by atoms with E-state index in [1.54, 1.807) is 19.1 Å². The molecule has 196 valence electrons. The fraction of sp³-hybridized carbons (Fsp3) is 0.538. The second-order valence-electron chi connectivity index (χ2n) is 8.63. The second-order valence-corrected chi connectivity index (χ2v) is 10.9. The van der Waals surface area contributed by atoms with Crippen LogP contribution in [0.25, 0.3) is 0 Å². The Morgan fingerprint density at radius 2 is 1.97 bits per heavy atom. The number of rotatable bonds is 18. The summed E-state index contributed by atoms with van der Waals surface area (Å²) in [4.78, 5) is 24.9. The zero-order valence-corrected chi connectivity index (χ0v) is 21.7. The average molecular weight is 509 g/mol. The van der Waals surface area contributed by atoms with Gasteiger partial charge in [0, 0.05) is 18.9 Å². The Morgan fingerprint density at radius 1 is 1.23 bits per heavy atom. The van der Waals surface area contributed by atoms with E-state index >= 15 is 0 Å². The molecule has 1 rings (SSSR count). The standard InChI is InChI=1S/C26H40N2O6S/c1-5-8-13-27-26(31)20(4)17-24(29)23(28-25(30)12-16-35(32,33)15-7-3)19-21-10-9-11-22(18-21)34-14-6-2/h6-7,9-11,18,20,23-24,29H,2-3,5,8,12-17,19H2,1,4H3,(H,27,31)(H,28,30). The molecule has 3 atom stereocenters. The van der Waals surface area contributed by atoms with Gasteiger partial charge in [-0.25, -0.2) is 8.42 Å². The minimum Gasteiger partial charge on any atom is -0.490 e. The van der Waals surface area contributed by atoms with Crippen molar-refractivity contribution < 1.29 is 27.9 Å². The maximum atomic E-state index is 12.6. The largest absolute Gasteiger partial charge is 0.490 e. The van der Waals surface area contributed by atoms with Gasteiger partial charge in [0.15, 0.2) is 9.84 Å². The van der Waals surface area contributed by atoms with Gasteiger partial charge in [0.25, 0.3) is 0 Å². The van der Waals surface area contributed by atoms with Gasteiger partial charge in [0.2, 0.25) is 11.8 Å². The van der Waals surface area contributed by atoms with E-state index in [4.69, 9.17) is 4.74 Å². The van der Waals surface area contributed by atoms with Gasteiger partial charge in [0.1, 0.15) is 12.4 Å². The van der Waals surface area contributed by atoms with Gasteiger partial charge < -0.3 is 20.5 Å². The highest BCUT2D eigenvalue weighted by Crippen LogP contribution is 2.18. The average Bonchev–Trinajstić information content (AvgIpc) is 2.81. The first-order valence-electron chi connectivity index (χ1n) is 12.0. The maximum absolute atomic E-state index is 12.6. The molecule has 3 N–H and O–H groups in total. The number of nitrogens with one attached hydrogen (secondary N) is 2. The SMILES string of the molecule is C=CCOc1cccc(CC(NC(=O)CCS(=O)(=O)CC=C)C(O)CC(C)C(=O)NCCCC)c1. The van der Waals surface area contributed by atoms with E-state index in [-0.39, 0.29) is 36.7 Å². The summed E-state index contributed by atoms with van der Waals surface area (Å²) in [5, 5.41) is 16.6. The van der Waals surface area contributed by atoms with E-state index < -0.39 is 33.8 Å². The lowest BCUT2D eigenvalue weighted by atomic mass is 9.93. The molecule has 0 radical (unpaired) electrons. The highest BCUT2D eigenvalue weighted by molar-refractivity contribution is 7.91. The summed E-state index contributed by atoms with van der Waals surface area (Å²) in [5.74, 6) is -0.986. The molecule has 0 aliphatic heterocycles. The molecule has 0 saturated heterocycles. The van der Waals surface area contributed by atoms with E-state index in [1.807, 2.05) is 25.1 Å². The molecule has 0 heterocycles. The van der Waals surface area contributed by atoms with E-state index in [0.29, 0.717) is 18.9 Å². The summed E-state index contributed by atoms with van der Waals surface area (Å²) < 4.78 is 29.4. The molecular weight excluding hydrogens is 468 g/mol. The summed E-state index contributed by atoms with van der Waals surface area (Å²) in [6.45, 7) is 11.7. The molecule has 0 aliphatic carbocycles. The highest BCUT2D eigenvalue weighted by atomic mass is 32.2. The smallest absolute Gasteiger partial charge is 0.222 e. The zero-order chi connectivity index (χ0) is 26.3. The fourth-order valence-corrected chi connectivity index (χ4v) is 4.46. The van der Waals surface area contributed by atoms with Crippen LogP contribution in [-0.4, -0.2) is 62.1 Å². The lowest BCUT2D eigenvalue weighted by molar-refractivity contribution is -0.125. The Bertz CT molecular complexity index is 932. The monoisotopic (exact) mass is 508 g/mol. The normalized spacial score (nSPS) is 13.8. The van der Waals surface area contributed by atoms with Gasteiger partial charge in [0.05, 0.1) is 23.7 Å². The van der Waals surface area contributed by atoms with Crippen LogP contribution in [-0.2, 0) is 25.8 Å². The van der Waals surface area contributed by atoms with E-state index in [1.165, 1.54) is 6.08 Å². The van der Waals surface area contributed by atoms with Crippen LogP contribution in [0.3, 0.4) is 0 Å². The van der Waals surface area contributed by atoms with Gasteiger partial charge in [-0.1, -0.05) is 51.1 Å². The summed E-state index contributed by atoms with van der Waals surface area (Å²) in [6.07, 6.45) is 3.93. The van der Waals surface area contributed by atoms with Crippen molar-refractivity contribution >= 4 is 21.7 Å². The number of carbonyl (C=O) groups excluding carboxylic acids is 2. The molecule has 0 bridgehead atoms. The molecule has 0 spiro atoms. The van der Waals surface area contributed by atoms with E-state index in [9.17, 15) is 23.1 Å². The number of unbranched alkanes of at least 4 members (excludes halogenated alkanes) is 1. The zero-order valence-electron chi connectivity index (χ0n) is 20.9. The van der Waals surface area contributed by atoms with Crippen LogP contribution in [0.4, 0.5) is 0 Å². The predicted octanol–water partition coefficient (Wildman–Crippen LogP) is 2.57. The Hall–Kier alpha value is -2.65. The van der Waals surface area contributed by atoms with Crippen LogP contribution in [0.1, 0.15) is 45.1 Å². The van der Waals surface area contributed by atoms with Crippen molar-refractivity contribution in [3.63, 3.8) is 0 Å². The number of amides is 2. The number of hydrogen-bond donors (Lipinski definition) is 3. The Morgan fingerprint density at radius 3 is 2.63 bits per heavy atom. The first-order valence-corrected chi connectivity index (χ1v) is 13.8. The van der Waals surface area contributed by atoms with Crippen molar-refractivity contribution in [1.82, 2.24) is 10.6 Å². The number of benzene rings is 1. The molecule has 1 aromatic rings. The molecule has 9 heteroatoms.